The second-order valence-corrected chi connectivity index (χ2v) is 7.08. The molecule has 2 aromatic carbocycles. The zero-order chi connectivity index (χ0) is 23.9. The van der Waals surface area contributed by atoms with E-state index in [0.717, 1.165) is 24.3 Å². The maximum Gasteiger partial charge on any atom is 0.425 e. The molecule has 0 aliphatic carbocycles. The average molecular weight is 480 g/mol. The summed E-state index contributed by atoms with van der Waals surface area (Å²) in [6, 6.07) is 6.75. The van der Waals surface area contributed by atoms with E-state index < -0.39 is 58.4 Å². The summed E-state index contributed by atoms with van der Waals surface area (Å²) in [6.45, 7) is -1.17. The van der Waals surface area contributed by atoms with Gasteiger partial charge in [0.1, 0.15) is 6.54 Å². The van der Waals surface area contributed by atoms with Crippen LogP contribution in [0.3, 0.4) is 0 Å². The molecule has 0 aromatic heterocycles. The Bertz CT molecular complexity index is 1070. The van der Waals surface area contributed by atoms with Gasteiger partial charge in [0.15, 0.2) is 0 Å². The van der Waals surface area contributed by atoms with Crippen molar-refractivity contribution in [2.75, 3.05) is 11.9 Å². The van der Waals surface area contributed by atoms with E-state index in [-0.39, 0.29) is 10.6 Å². The molecule has 6 nitrogen and oxygen atoms in total. The summed E-state index contributed by atoms with van der Waals surface area (Å²) in [5.41, 5.74) is -5.62. The van der Waals surface area contributed by atoms with Crippen LogP contribution in [0.2, 0.25) is 5.02 Å². The molecule has 32 heavy (non-hydrogen) atoms. The molecule has 0 radical (unpaired) electrons. The van der Waals surface area contributed by atoms with E-state index in [9.17, 15) is 40.7 Å². The normalized spacial score (nSPS) is 19.2. The lowest BCUT2D eigenvalue weighted by molar-refractivity contribution is -0.198. The third-order valence-corrected chi connectivity index (χ3v) is 4.92. The van der Waals surface area contributed by atoms with E-state index in [1.54, 1.807) is 5.32 Å². The predicted octanol–water partition coefficient (Wildman–Crippen LogP) is 4.31. The van der Waals surface area contributed by atoms with E-state index in [4.69, 9.17) is 11.6 Å². The molecular formula is C19H12ClF6N3O3. The van der Waals surface area contributed by atoms with E-state index in [0.29, 0.717) is 6.07 Å². The third kappa shape index (κ3) is 4.09. The number of benzene rings is 2. The summed E-state index contributed by atoms with van der Waals surface area (Å²) in [6.07, 6.45) is -10.1. The lowest BCUT2D eigenvalue weighted by Crippen LogP contribution is -2.55. The Balaban J connectivity index is 1.85. The Labute approximate surface area is 181 Å². The monoisotopic (exact) mass is 479 g/mol. The highest BCUT2D eigenvalue weighted by Crippen LogP contribution is 2.43. The molecule has 1 aliphatic rings. The van der Waals surface area contributed by atoms with Gasteiger partial charge in [0.25, 0.3) is 5.91 Å². The summed E-state index contributed by atoms with van der Waals surface area (Å²) in [5, 5.41) is 2.96. The van der Waals surface area contributed by atoms with E-state index in [1.165, 1.54) is 18.2 Å². The first kappa shape index (κ1) is 23.4. The predicted molar refractivity (Wildman–Crippen MR) is 99.5 cm³/mol. The zero-order valence-corrected chi connectivity index (χ0v) is 16.4. The number of nitrogens with one attached hydrogen (secondary N) is 2. The van der Waals surface area contributed by atoms with E-state index in [1.807, 2.05) is 5.32 Å². The van der Waals surface area contributed by atoms with E-state index >= 15 is 0 Å². The number of rotatable bonds is 4. The fourth-order valence-electron chi connectivity index (χ4n) is 3.12. The highest BCUT2D eigenvalue weighted by atomic mass is 35.5. The Morgan fingerprint density at radius 3 is 2.22 bits per heavy atom. The van der Waals surface area contributed by atoms with Gasteiger partial charge in [-0.15, -0.1) is 0 Å². The van der Waals surface area contributed by atoms with Crippen LogP contribution in [0.1, 0.15) is 11.1 Å². The van der Waals surface area contributed by atoms with Gasteiger partial charge in [-0.2, -0.15) is 26.3 Å². The van der Waals surface area contributed by atoms with Crippen LogP contribution in [0.25, 0.3) is 0 Å². The summed E-state index contributed by atoms with van der Waals surface area (Å²) in [4.78, 5) is 37.1. The zero-order valence-electron chi connectivity index (χ0n) is 15.6. The highest BCUT2D eigenvalue weighted by Gasteiger charge is 2.68. The number of urea groups is 1. The van der Waals surface area contributed by atoms with Gasteiger partial charge in [-0.3, -0.25) is 14.5 Å². The number of hydrogen-bond donors (Lipinski definition) is 2. The minimum Gasteiger partial charge on any atom is -0.325 e. The van der Waals surface area contributed by atoms with Gasteiger partial charge >= 0.3 is 18.4 Å². The van der Waals surface area contributed by atoms with Crippen LogP contribution in [-0.4, -0.2) is 35.5 Å². The van der Waals surface area contributed by atoms with Crippen molar-refractivity contribution in [1.82, 2.24) is 10.2 Å². The van der Waals surface area contributed by atoms with Gasteiger partial charge in [-0.1, -0.05) is 41.9 Å². The van der Waals surface area contributed by atoms with Crippen molar-refractivity contribution in [3.63, 3.8) is 0 Å². The fourth-order valence-corrected chi connectivity index (χ4v) is 3.35. The lowest BCUT2D eigenvalue weighted by atomic mass is 9.89. The minimum absolute atomic E-state index is 0.0381. The van der Waals surface area contributed by atoms with Gasteiger partial charge in [-0.05, 0) is 23.8 Å². The van der Waals surface area contributed by atoms with Crippen molar-refractivity contribution >= 4 is 35.1 Å². The SMILES string of the molecule is O=C(CN1C(=O)NC(c2ccccc2)(C(F)(F)F)C1=O)Nc1ccc(Cl)c(C(F)(F)F)c1. The molecule has 1 atom stereocenters. The number of imide groups is 1. The quantitative estimate of drug-likeness (QED) is 0.507. The molecule has 2 aromatic rings. The van der Waals surface area contributed by atoms with Crippen molar-refractivity contribution in [1.29, 1.82) is 0 Å². The molecular weight excluding hydrogens is 468 g/mol. The van der Waals surface area contributed by atoms with Crippen molar-refractivity contribution in [2.24, 2.45) is 0 Å². The molecule has 1 heterocycles. The third-order valence-electron chi connectivity index (χ3n) is 4.59. The number of carbonyl (C=O) groups is 3. The van der Waals surface area contributed by atoms with Crippen LogP contribution >= 0.6 is 11.6 Å². The summed E-state index contributed by atoms with van der Waals surface area (Å²) in [5.74, 6) is -2.95. The minimum atomic E-state index is -5.25. The Morgan fingerprint density at radius 2 is 1.66 bits per heavy atom. The molecule has 170 valence electrons. The van der Waals surface area contributed by atoms with Crippen LogP contribution in [-0.2, 0) is 21.3 Å². The van der Waals surface area contributed by atoms with Gasteiger partial charge in [0.2, 0.25) is 11.4 Å². The van der Waals surface area contributed by atoms with Crippen molar-refractivity contribution < 1.29 is 40.7 Å². The number of amides is 4. The number of anilines is 1. The van der Waals surface area contributed by atoms with Crippen LogP contribution in [0.4, 0.5) is 36.8 Å². The molecule has 3 rings (SSSR count). The molecule has 1 unspecified atom stereocenters. The molecule has 0 saturated carbocycles. The number of nitrogens with zero attached hydrogens (tertiary/aromatic N) is 1. The first-order valence-corrected chi connectivity index (χ1v) is 9.08. The topological polar surface area (TPSA) is 78.5 Å². The number of hydrogen-bond acceptors (Lipinski definition) is 3. The van der Waals surface area contributed by atoms with E-state index in [2.05, 4.69) is 0 Å². The van der Waals surface area contributed by atoms with Gasteiger partial charge in [0, 0.05) is 5.69 Å². The van der Waals surface area contributed by atoms with Crippen molar-refractivity contribution in [2.45, 2.75) is 17.9 Å². The molecule has 13 heteroatoms. The molecule has 0 bridgehead atoms. The average Bonchev–Trinajstić information content (AvgIpc) is 2.95. The van der Waals surface area contributed by atoms with Crippen LogP contribution in [0, 0.1) is 0 Å². The van der Waals surface area contributed by atoms with Gasteiger partial charge in [-0.25, -0.2) is 4.79 Å². The fraction of sp³-hybridized carbons (Fsp3) is 0.211. The largest absolute Gasteiger partial charge is 0.425 e. The summed E-state index contributed by atoms with van der Waals surface area (Å²) in [7, 11) is 0. The maximum absolute atomic E-state index is 13.9. The first-order chi connectivity index (χ1) is 14.8. The lowest BCUT2D eigenvalue weighted by Gasteiger charge is -2.29. The van der Waals surface area contributed by atoms with Crippen LogP contribution in [0.5, 0.6) is 0 Å². The standard InChI is InChI=1S/C19H12ClF6N3O3/c20-13-7-6-11(8-12(13)18(21,22)23)27-14(30)9-29-15(31)17(19(24,25)26,28-16(29)32)10-4-2-1-3-5-10/h1-8H,9H2,(H,27,30)(H,28,32). The van der Waals surface area contributed by atoms with Crippen molar-refractivity contribution in [3.8, 4) is 0 Å². The summed E-state index contributed by atoms with van der Waals surface area (Å²) < 4.78 is 80.5. The molecule has 0 spiro atoms. The summed E-state index contributed by atoms with van der Waals surface area (Å²) >= 11 is 5.48. The molecule has 4 amide bonds. The Kier molecular flexibility index (Phi) is 5.85. The van der Waals surface area contributed by atoms with Crippen molar-refractivity contribution in [3.05, 3.63) is 64.7 Å². The molecule has 1 saturated heterocycles. The molecule has 1 fully saturated rings. The Hall–Kier alpha value is -3.28. The first-order valence-electron chi connectivity index (χ1n) is 8.70. The Morgan fingerprint density at radius 1 is 1.03 bits per heavy atom. The highest BCUT2D eigenvalue weighted by molar-refractivity contribution is 6.31. The number of halogens is 7. The number of carbonyl (C=O) groups excluding carboxylic acids is 3. The molecule has 2 N–H and O–H groups in total. The van der Waals surface area contributed by atoms with Gasteiger partial charge < -0.3 is 10.6 Å². The van der Waals surface area contributed by atoms with Crippen LogP contribution < -0.4 is 10.6 Å². The smallest absolute Gasteiger partial charge is 0.325 e. The second kappa shape index (κ2) is 8.01. The number of alkyl halides is 6. The van der Waals surface area contributed by atoms with Gasteiger partial charge in [0.05, 0.1) is 10.6 Å². The second-order valence-electron chi connectivity index (χ2n) is 6.68. The molecule has 1 aliphatic heterocycles. The maximum atomic E-state index is 13.9. The van der Waals surface area contributed by atoms with Crippen LogP contribution in [0.15, 0.2) is 48.5 Å².